The van der Waals surface area contributed by atoms with Crippen molar-refractivity contribution in [1.82, 2.24) is 30.0 Å². The highest BCUT2D eigenvalue weighted by molar-refractivity contribution is 9.10. The molecule has 444 valence electrons. The third-order valence-corrected chi connectivity index (χ3v) is 11.8. The lowest BCUT2D eigenvalue weighted by Gasteiger charge is -2.18. The van der Waals surface area contributed by atoms with Crippen LogP contribution in [0.5, 0.6) is 40.2 Å². The average Bonchev–Trinajstić information content (AvgIpc) is 3.54. The molecule has 0 aliphatic carbocycles. The number of anilines is 2. The number of hydrazone groups is 2. The standard InChI is InChI=1S/C17H15ClN4O3.C11H7ClN2O3.C11H9ClN2O.C6H5ClO.C6H8N2O3.C5H3BrN2O2/c1-22-16(23)8-6-14(21-22)17(24)20-15-7-5-13(10-19-15)25-12-4-2-3-11(18)9-12;12-8-2-1-3-9(6-8)17-10-4-5-11(13-7-10)14(15)16;12-8-2-1-3-9(6-8)15-10-4-5-11(13)14-7-10;7-5-2-1-3-6(8)4-5;1-8-5(9)3-2-4(7-8)6(10)11;6-4-1-2-5(7-3-4)8(9)10/h2-5,7,9-10H,6,8H2,1H3,(H,19,20,24);1-7H;1-7H,(H2,13,14);1-4,8H;2-3H2,1H3,(H,10,11);1-3H. The summed E-state index contributed by atoms with van der Waals surface area (Å²) < 4.78 is 17.3. The van der Waals surface area contributed by atoms with Crippen LogP contribution in [-0.2, 0) is 19.2 Å². The average molecular weight is 1320 g/mol. The van der Waals surface area contributed by atoms with E-state index < -0.39 is 15.8 Å². The van der Waals surface area contributed by atoms with Gasteiger partial charge in [-0.3, -0.25) is 14.4 Å². The van der Waals surface area contributed by atoms with Crippen LogP contribution in [0, 0.1) is 20.2 Å². The first-order valence-electron chi connectivity index (χ1n) is 24.5. The molecule has 2 aliphatic heterocycles. The molecule has 0 bridgehead atoms. The van der Waals surface area contributed by atoms with Gasteiger partial charge in [-0.2, -0.15) is 10.2 Å². The van der Waals surface area contributed by atoms with Crippen molar-refractivity contribution in [3.63, 3.8) is 0 Å². The van der Waals surface area contributed by atoms with E-state index in [4.69, 9.17) is 76.6 Å². The Kier molecular flexibility index (Phi) is 26.5. The van der Waals surface area contributed by atoms with Crippen LogP contribution in [0.1, 0.15) is 25.7 Å². The van der Waals surface area contributed by atoms with Crippen LogP contribution in [-0.4, -0.2) is 99.2 Å². The second kappa shape index (κ2) is 34.0. The van der Waals surface area contributed by atoms with Crippen LogP contribution in [0.4, 0.5) is 23.3 Å². The van der Waals surface area contributed by atoms with Crippen molar-refractivity contribution in [2.75, 3.05) is 25.1 Å². The van der Waals surface area contributed by atoms with Gasteiger partial charge in [-0.05, 0) is 145 Å². The molecule has 4 aromatic carbocycles. The molecule has 10 rings (SSSR count). The van der Waals surface area contributed by atoms with Gasteiger partial charge in [0.1, 0.15) is 57.6 Å². The van der Waals surface area contributed by atoms with Crippen LogP contribution in [0.25, 0.3) is 0 Å². The maximum absolute atomic E-state index is 12.2. The van der Waals surface area contributed by atoms with Gasteiger partial charge in [0.05, 0.1) is 16.9 Å². The number of carboxylic acid groups (broad SMARTS) is 1. The number of carboxylic acids is 1. The Morgan fingerprint density at radius 1 is 0.558 bits per heavy atom. The number of rotatable bonds is 11. The summed E-state index contributed by atoms with van der Waals surface area (Å²) in [4.78, 5) is 79.2. The fourth-order valence-electron chi connectivity index (χ4n) is 6.30. The summed E-state index contributed by atoms with van der Waals surface area (Å²) >= 11 is 26.1. The number of carbonyl (C=O) groups is 4. The van der Waals surface area contributed by atoms with E-state index in [2.05, 4.69) is 51.4 Å². The summed E-state index contributed by atoms with van der Waals surface area (Å²) in [6.45, 7) is 0. The van der Waals surface area contributed by atoms with Gasteiger partial charge in [-0.15, -0.1) is 0 Å². The van der Waals surface area contributed by atoms with Crippen LogP contribution >= 0.6 is 62.3 Å². The van der Waals surface area contributed by atoms with Crippen LogP contribution < -0.4 is 25.3 Å². The number of phenolic OH excluding ortho intramolecular Hbond substituents is 1. The Morgan fingerprint density at radius 3 is 1.34 bits per heavy atom. The number of aromatic hydroxyl groups is 1. The van der Waals surface area contributed by atoms with E-state index in [1.165, 1.54) is 62.0 Å². The van der Waals surface area contributed by atoms with Crippen LogP contribution in [0.15, 0.2) is 185 Å². The zero-order valence-corrected chi connectivity index (χ0v) is 49.4. The Bertz CT molecular complexity index is 3670. The summed E-state index contributed by atoms with van der Waals surface area (Å²) in [5.74, 6) is 2.37. The van der Waals surface area contributed by atoms with E-state index in [1.807, 2.05) is 12.1 Å². The summed E-state index contributed by atoms with van der Waals surface area (Å²) in [6.07, 6.45) is 6.79. The van der Waals surface area contributed by atoms with Gasteiger partial charge in [0.2, 0.25) is 11.8 Å². The number of hydrogen-bond donors (Lipinski definition) is 4. The number of hydrogen-bond acceptors (Lipinski definition) is 19. The number of nitrogens with zero attached hydrogens (tertiary/aromatic N) is 10. The quantitative estimate of drug-likeness (QED) is 0.0690. The minimum absolute atomic E-state index is 0.0482. The van der Waals surface area contributed by atoms with E-state index in [-0.39, 0.29) is 60.1 Å². The molecule has 0 spiro atoms. The maximum Gasteiger partial charge on any atom is 0.363 e. The topological polar surface area (TPSA) is 344 Å². The molecule has 0 saturated carbocycles. The van der Waals surface area contributed by atoms with Gasteiger partial charge >= 0.3 is 17.6 Å². The van der Waals surface area contributed by atoms with E-state index in [1.54, 1.807) is 115 Å². The molecule has 4 aromatic heterocycles. The molecule has 6 heterocycles. The first-order valence-corrected chi connectivity index (χ1v) is 26.8. The van der Waals surface area contributed by atoms with Crippen molar-refractivity contribution in [2.24, 2.45) is 10.2 Å². The molecular formula is C56H47BrCl4N12O13. The fraction of sp³-hybridized carbons (Fsp3) is 0.107. The Hall–Kier alpha value is -9.86. The first-order chi connectivity index (χ1) is 41.0. The van der Waals surface area contributed by atoms with Crippen LogP contribution in [0.2, 0.25) is 20.1 Å². The molecule has 0 radical (unpaired) electrons. The highest BCUT2D eigenvalue weighted by Crippen LogP contribution is 2.27. The SMILES string of the molecule is CN1N=C(C(=O)Nc2ccc(Oc3cccc(Cl)c3)cn2)CCC1=O.CN1N=C(C(=O)O)CCC1=O.Nc1ccc(Oc2cccc(Cl)c2)cn1.O=[N+]([O-])c1ccc(Br)cn1.O=[N+]([O-])c1ccc(Oc2cccc(Cl)c2)cn1.Oc1cccc(Cl)c1. The lowest BCUT2D eigenvalue weighted by atomic mass is 10.1. The van der Waals surface area contributed by atoms with Gasteiger partial charge in [0, 0.05) is 72.0 Å². The molecule has 0 saturated heterocycles. The Balaban J connectivity index is 0.000000196. The van der Waals surface area contributed by atoms with Gasteiger partial charge in [-0.1, -0.05) is 70.7 Å². The third-order valence-electron chi connectivity index (χ3n) is 10.4. The van der Waals surface area contributed by atoms with Gasteiger partial charge in [0.25, 0.3) is 5.91 Å². The van der Waals surface area contributed by atoms with Crippen molar-refractivity contribution in [3.05, 3.63) is 215 Å². The van der Waals surface area contributed by atoms with Crippen molar-refractivity contribution in [2.45, 2.75) is 25.7 Å². The highest BCUT2D eigenvalue weighted by atomic mass is 79.9. The largest absolute Gasteiger partial charge is 0.508 e. The van der Waals surface area contributed by atoms with Crippen molar-refractivity contribution in [1.29, 1.82) is 0 Å². The molecule has 0 fully saturated rings. The van der Waals surface area contributed by atoms with Gasteiger partial charge < -0.3 is 55.7 Å². The minimum Gasteiger partial charge on any atom is -0.508 e. The van der Waals surface area contributed by atoms with Crippen molar-refractivity contribution < 1.29 is 53.4 Å². The highest BCUT2D eigenvalue weighted by Gasteiger charge is 2.23. The second-order valence-electron chi connectivity index (χ2n) is 16.8. The number of aliphatic carboxylic acids is 1. The molecule has 8 aromatic rings. The molecule has 30 heteroatoms. The third kappa shape index (κ3) is 24.2. The number of nitrogens with two attached hydrogens (primary N) is 1. The number of phenols is 1. The molecule has 86 heavy (non-hydrogen) atoms. The lowest BCUT2D eigenvalue weighted by Crippen LogP contribution is -2.34. The second-order valence-corrected chi connectivity index (χ2v) is 19.5. The van der Waals surface area contributed by atoms with E-state index in [9.17, 15) is 39.4 Å². The molecule has 0 unspecified atom stereocenters. The summed E-state index contributed by atoms with van der Waals surface area (Å²) in [7, 11) is 2.97. The Labute approximate surface area is 517 Å². The Morgan fingerprint density at radius 2 is 0.977 bits per heavy atom. The molecule has 3 amide bonds. The smallest absolute Gasteiger partial charge is 0.363 e. The molecule has 25 nitrogen and oxygen atoms in total. The van der Waals surface area contributed by atoms with Gasteiger partial charge in [-0.25, -0.2) is 24.8 Å². The molecule has 5 N–H and O–H groups in total. The number of amides is 3. The normalized spacial score (nSPS) is 12.0. The number of nitrogens with one attached hydrogen (secondary N) is 1. The molecular weight excluding hydrogens is 1270 g/mol. The van der Waals surface area contributed by atoms with Crippen molar-refractivity contribution in [3.8, 4) is 40.2 Å². The maximum atomic E-state index is 12.2. The predicted octanol–water partition coefficient (Wildman–Crippen LogP) is 13.1. The molecule has 2 aliphatic rings. The zero-order chi connectivity index (χ0) is 62.7. The van der Waals surface area contributed by atoms with E-state index >= 15 is 0 Å². The number of aromatic nitrogens is 4. The number of nitrogen functional groups attached to an aromatic ring is 1. The molecule has 0 atom stereocenters. The van der Waals surface area contributed by atoms with Crippen LogP contribution in [0.3, 0.4) is 0 Å². The first kappa shape index (κ1) is 66.9. The van der Waals surface area contributed by atoms with E-state index in [0.717, 1.165) is 9.48 Å². The zero-order valence-electron chi connectivity index (χ0n) is 44.8. The number of ether oxygens (including phenoxy) is 3. The number of benzene rings is 4. The predicted molar refractivity (Wildman–Crippen MR) is 325 cm³/mol. The lowest BCUT2D eigenvalue weighted by molar-refractivity contribution is -0.389. The number of carbonyl (C=O) groups excluding carboxylic acids is 3. The van der Waals surface area contributed by atoms with Gasteiger partial charge in [0.15, 0.2) is 18.1 Å². The fourth-order valence-corrected chi connectivity index (χ4v) is 7.26. The minimum atomic E-state index is -1.05. The summed E-state index contributed by atoms with van der Waals surface area (Å²) in [5, 5.41) is 52.4. The monoisotopic (exact) mass is 1310 g/mol. The summed E-state index contributed by atoms with van der Waals surface area (Å²) in [6, 6.07) is 39.9. The number of halogens is 5. The van der Waals surface area contributed by atoms with Crippen molar-refractivity contribution >= 4 is 121 Å². The number of pyridine rings is 4. The van der Waals surface area contributed by atoms with E-state index in [0.29, 0.717) is 78.4 Å². The summed E-state index contributed by atoms with van der Waals surface area (Å²) in [5.41, 5.74) is 5.80. The number of nitro groups is 2.